The van der Waals surface area contributed by atoms with E-state index in [-0.39, 0.29) is 6.04 Å². The van der Waals surface area contributed by atoms with Crippen LogP contribution >= 0.6 is 0 Å². The molecule has 0 aromatic heterocycles. The molecule has 0 spiro atoms. The summed E-state index contributed by atoms with van der Waals surface area (Å²) in [6.07, 6.45) is 7.95. The van der Waals surface area contributed by atoms with E-state index in [1.54, 1.807) is 0 Å². The predicted molar refractivity (Wildman–Crippen MR) is 91.3 cm³/mol. The molecule has 1 aromatic rings. The molecular formula is C19H32N2. The van der Waals surface area contributed by atoms with Crippen molar-refractivity contribution >= 4 is 0 Å². The van der Waals surface area contributed by atoms with Gasteiger partial charge in [-0.3, -0.25) is 4.90 Å². The minimum absolute atomic E-state index is 0.138. The van der Waals surface area contributed by atoms with E-state index in [2.05, 4.69) is 49.1 Å². The lowest BCUT2D eigenvalue weighted by Gasteiger charge is -2.34. The van der Waals surface area contributed by atoms with E-state index < -0.39 is 0 Å². The highest BCUT2D eigenvalue weighted by atomic mass is 15.2. The standard InChI is InChI=1S/C19H32N2/c1-3-9-16-10-8-14-21(15-13-16)18(4-2)19(20)17-11-6-5-7-12-17/h5-7,11-12,16,18-19H,3-4,8-10,13-15,20H2,1-2H3. The fourth-order valence-electron chi connectivity index (χ4n) is 3.85. The fraction of sp³-hybridized carbons (Fsp3) is 0.684. The highest BCUT2D eigenvalue weighted by Crippen LogP contribution is 2.27. The van der Waals surface area contributed by atoms with Crippen LogP contribution in [0.1, 0.15) is 64.0 Å². The summed E-state index contributed by atoms with van der Waals surface area (Å²) in [5, 5.41) is 0. The van der Waals surface area contributed by atoms with Crippen LogP contribution < -0.4 is 5.73 Å². The van der Waals surface area contributed by atoms with Gasteiger partial charge in [0.2, 0.25) is 0 Å². The summed E-state index contributed by atoms with van der Waals surface area (Å²) in [5.41, 5.74) is 7.86. The Bertz CT molecular complexity index is 390. The summed E-state index contributed by atoms with van der Waals surface area (Å²) in [6, 6.07) is 11.2. The van der Waals surface area contributed by atoms with Gasteiger partial charge in [-0.1, -0.05) is 57.0 Å². The molecule has 1 aliphatic heterocycles. The summed E-state index contributed by atoms with van der Waals surface area (Å²) in [5.74, 6) is 0.936. The van der Waals surface area contributed by atoms with Crippen molar-refractivity contribution in [3.8, 4) is 0 Å². The molecule has 2 rings (SSSR count). The van der Waals surface area contributed by atoms with Gasteiger partial charge in [-0.25, -0.2) is 0 Å². The molecular weight excluding hydrogens is 256 g/mol. The average molecular weight is 288 g/mol. The number of nitrogens with zero attached hydrogens (tertiary/aromatic N) is 1. The molecule has 3 unspecified atom stereocenters. The quantitative estimate of drug-likeness (QED) is 0.842. The first-order valence-corrected chi connectivity index (χ1v) is 8.80. The Morgan fingerprint density at radius 2 is 1.90 bits per heavy atom. The summed E-state index contributed by atoms with van der Waals surface area (Å²) in [4.78, 5) is 2.66. The Hall–Kier alpha value is -0.860. The van der Waals surface area contributed by atoms with E-state index in [1.807, 2.05) is 0 Å². The van der Waals surface area contributed by atoms with Gasteiger partial charge >= 0.3 is 0 Å². The first-order valence-electron chi connectivity index (χ1n) is 8.80. The average Bonchev–Trinajstić information content (AvgIpc) is 2.75. The minimum atomic E-state index is 0.138. The molecule has 3 atom stereocenters. The molecule has 2 nitrogen and oxygen atoms in total. The maximum absolute atomic E-state index is 6.58. The van der Waals surface area contributed by atoms with Crippen LogP contribution in [0.5, 0.6) is 0 Å². The van der Waals surface area contributed by atoms with Crippen molar-refractivity contribution in [2.75, 3.05) is 13.1 Å². The number of benzene rings is 1. The molecule has 2 heteroatoms. The van der Waals surface area contributed by atoms with Gasteiger partial charge in [-0.2, -0.15) is 0 Å². The topological polar surface area (TPSA) is 29.3 Å². The van der Waals surface area contributed by atoms with Crippen LogP contribution in [0.15, 0.2) is 30.3 Å². The van der Waals surface area contributed by atoms with Crippen LogP contribution in [0.25, 0.3) is 0 Å². The van der Waals surface area contributed by atoms with Crippen molar-refractivity contribution < 1.29 is 0 Å². The Morgan fingerprint density at radius 1 is 1.14 bits per heavy atom. The van der Waals surface area contributed by atoms with Crippen LogP contribution in [0.3, 0.4) is 0 Å². The van der Waals surface area contributed by atoms with Crippen molar-refractivity contribution in [2.45, 2.75) is 64.5 Å². The number of hydrogen-bond donors (Lipinski definition) is 1. The Kier molecular flexibility index (Phi) is 6.72. The molecule has 118 valence electrons. The number of hydrogen-bond acceptors (Lipinski definition) is 2. The first-order chi connectivity index (χ1) is 10.3. The van der Waals surface area contributed by atoms with Gasteiger partial charge in [-0.05, 0) is 50.3 Å². The highest BCUT2D eigenvalue weighted by Gasteiger charge is 2.26. The van der Waals surface area contributed by atoms with Crippen molar-refractivity contribution in [3.05, 3.63) is 35.9 Å². The van der Waals surface area contributed by atoms with Crippen LogP contribution in [0, 0.1) is 5.92 Å². The van der Waals surface area contributed by atoms with Gasteiger partial charge in [0.25, 0.3) is 0 Å². The largest absolute Gasteiger partial charge is 0.323 e. The molecule has 1 fully saturated rings. The Labute approximate surface area is 130 Å². The molecule has 1 aromatic carbocycles. The zero-order chi connectivity index (χ0) is 15.1. The molecule has 21 heavy (non-hydrogen) atoms. The maximum Gasteiger partial charge on any atom is 0.0453 e. The molecule has 0 amide bonds. The number of likely N-dealkylation sites (tertiary alicyclic amines) is 1. The third kappa shape index (κ3) is 4.55. The fourth-order valence-corrected chi connectivity index (χ4v) is 3.85. The van der Waals surface area contributed by atoms with E-state index >= 15 is 0 Å². The Morgan fingerprint density at radius 3 is 2.57 bits per heavy atom. The van der Waals surface area contributed by atoms with Crippen LogP contribution in [0.2, 0.25) is 0 Å². The van der Waals surface area contributed by atoms with E-state index in [0.29, 0.717) is 6.04 Å². The first kappa shape index (κ1) is 16.5. The van der Waals surface area contributed by atoms with Gasteiger partial charge in [0.1, 0.15) is 0 Å². The molecule has 0 saturated carbocycles. The van der Waals surface area contributed by atoms with E-state index in [0.717, 1.165) is 12.3 Å². The van der Waals surface area contributed by atoms with Gasteiger partial charge in [-0.15, -0.1) is 0 Å². The number of rotatable bonds is 6. The van der Waals surface area contributed by atoms with Crippen molar-refractivity contribution in [1.82, 2.24) is 4.90 Å². The van der Waals surface area contributed by atoms with Crippen LogP contribution in [-0.2, 0) is 0 Å². The van der Waals surface area contributed by atoms with Gasteiger partial charge in [0.15, 0.2) is 0 Å². The lowest BCUT2D eigenvalue weighted by atomic mass is 9.95. The van der Waals surface area contributed by atoms with Crippen molar-refractivity contribution in [2.24, 2.45) is 11.7 Å². The smallest absolute Gasteiger partial charge is 0.0453 e. The molecule has 2 N–H and O–H groups in total. The van der Waals surface area contributed by atoms with Gasteiger partial charge < -0.3 is 5.73 Å². The zero-order valence-corrected chi connectivity index (χ0v) is 13.8. The maximum atomic E-state index is 6.58. The lowest BCUT2D eigenvalue weighted by Crippen LogP contribution is -2.43. The normalized spacial score (nSPS) is 23.5. The second-order valence-electron chi connectivity index (χ2n) is 6.53. The molecule has 0 aliphatic carbocycles. The predicted octanol–water partition coefficient (Wildman–Crippen LogP) is 4.37. The number of nitrogens with two attached hydrogens (primary N) is 1. The summed E-state index contributed by atoms with van der Waals surface area (Å²) >= 11 is 0. The molecule has 0 bridgehead atoms. The van der Waals surface area contributed by atoms with Crippen molar-refractivity contribution in [3.63, 3.8) is 0 Å². The van der Waals surface area contributed by atoms with E-state index in [4.69, 9.17) is 5.73 Å². The second kappa shape index (κ2) is 8.55. The molecule has 1 saturated heterocycles. The zero-order valence-electron chi connectivity index (χ0n) is 13.8. The summed E-state index contributed by atoms with van der Waals surface area (Å²) in [7, 11) is 0. The van der Waals surface area contributed by atoms with E-state index in [1.165, 1.54) is 50.8 Å². The van der Waals surface area contributed by atoms with Crippen molar-refractivity contribution in [1.29, 1.82) is 0 Å². The van der Waals surface area contributed by atoms with Crippen LogP contribution in [-0.4, -0.2) is 24.0 Å². The molecule has 0 radical (unpaired) electrons. The Balaban J connectivity index is 2.00. The highest BCUT2D eigenvalue weighted by molar-refractivity contribution is 5.20. The van der Waals surface area contributed by atoms with E-state index in [9.17, 15) is 0 Å². The lowest BCUT2D eigenvalue weighted by molar-refractivity contribution is 0.169. The molecule has 1 heterocycles. The van der Waals surface area contributed by atoms with Crippen LogP contribution in [0.4, 0.5) is 0 Å². The van der Waals surface area contributed by atoms with Gasteiger partial charge in [0, 0.05) is 12.1 Å². The second-order valence-corrected chi connectivity index (χ2v) is 6.53. The van der Waals surface area contributed by atoms with Gasteiger partial charge in [0.05, 0.1) is 0 Å². The monoisotopic (exact) mass is 288 g/mol. The third-order valence-electron chi connectivity index (χ3n) is 5.07. The molecule has 1 aliphatic rings. The SMILES string of the molecule is CCCC1CCCN(C(CC)C(N)c2ccccc2)CC1. The summed E-state index contributed by atoms with van der Waals surface area (Å²) in [6.45, 7) is 7.04. The third-order valence-corrected chi connectivity index (χ3v) is 5.07. The minimum Gasteiger partial charge on any atom is -0.323 e. The summed E-state index contributed by atoms with van der Waals surface area (Å²) < 4.78 is 0.